The Labute approximate surface area is 158 Å². The van der Waals surface area contributed by atoms with Crippen molar-refractivity contribution in [3.05, 3.63) is 76.2 Å². The molecule has 28 heavy (non-hydrogen) atoms. The lowest BCUT2D eigenvalue weighted by Crippen LogP contribution is -2.08. The molecule has 0 amide bonds. The van der Waals surface area contributed by atoms with Gasteiger partial charge in [0.05, 0.1) is 28.8 Å². The third-order valence-electron chi connectivity index (χ3n) is 5.24. The molecule has 1 aliphatic carbocycles. The summed E-state index contributed by atoms with van der Waals surface area (Å²) >= 11 is 0. The average molecular weight is 381 g/mol. The van der Waals surface area contributed by atoms with Gasteiger partial charge in [0.1, 0.15) is 11.6 Å². The van der Waals surface area contributed by atoms with E-state index in [0.29, 0.717) is 23.3 Å². The van der Waals surface area contributed by atoms with E-state index in [1.165, 1.54) is 22.8 Å². The van der Waals surface area contributed by atoms with E-state index in [0.717, 1.165) is 24.1 Å². The van der Waals surface area contributed by atoms with Crippen molar-refractivity contribution in [2.45, 2.75) is 25.3 Å². The van der Waals surface area contributed by atoms with Crippen molar-refractivity contribution in [2.75, 3.05) is 0 Å². The lowest BCUT2D eigenvalue weighted by atomic mass is 10.1. The third-order valence-corrected chi connectivity index (χ3v) is 5.24. The first-order chi connectivity index (χ1) is 13.5. The number of hydrogen-bond acceptors (Lipinski definition) is 3. The fourth-order valence-electron chi connectivity index (χ4n) is 3.64. The molecule has 0 N–H and O–H groups in total. The summed E-state index contributed by atoms with van der Waals surface area (Å²) in [4.78, 5) is 16.2. The normalized spacial score (nSPS) is 14.1. The molecule has 0 bridgehead atoms. The number of hydrogen-bond donors (Lipinski definition) is 0. The van der Waals surface area contributed by atoms with Crippen molar-refractivity contribution in [2.24, 2.45) is 7.05 Å². The molecule has 0 unspecified atom stereocenters. The predicted octanol–water partition coefficient (Wildman–Crippen LogP) is 4.20. The van der Waals surface area contributed by atoms with E-state index in [-0.39, 0.29) is 11.5 Å². The molecule has 5 nitrogen and oxygen atoms in total. The van der Waals surface area contributed by atoms with Crippen molar-refractivity contribution < 1.29 is 13.2 Å². The third kappa shape index (κ3) is 2.66. The van der Waals surface area contributed by atoms with Crippen LogP contribution in [-0.2, 0) is 13.6 Å². The number of fused-ring (bicyclic) bond motifs is 1. The molecule has 0 radical (unpaired) electrons. The lowest BCUT2D eigenvalue weighted by molar-refractivity contribution is 0.528. The summed E-state index contributed by atoms with van der Waals surface area (Å²) in [5, 5.41) is 0. The van der Waals surface area contributed by atoms with Crippen LogP contribution in [0.3, 0.4) is 0 Å². The number of rotatable bonds is 4. The van der Waals surface area contributed by atoms with Crippen molar-refractivity contribution >= 4 is 11.1 Å². The van der Waals surface area contributed by atoms with Gasteiger partial charge in [-0.2, -0.15) is 0 Å². The summed E-state index contributed by atoms with van der Waals surface area (Å²) in [6, 6.07) is 9.30. The fourth-order valence-corrected chi connectivity index (χ4v) is 3.64. The highest BCUT2D eigenvalue weighted by Gasteiger charge is 2.32. The van der Waals surface area contributed by atoms with Crippen molar-refractivity contribution in [1.82, 2.24) is 14.1 Å². The molecule has 4 aromatic rings. The molecule has 142 valence electrons. The zero-order valence-electron chi connectivity index (χ0n) is 15.2. The quantitative estimate of drug-likeness (QED) is 0.532. The molecule has 7 heteroatoms. The van der Waals surface area contributed by atoms with Crippen LogP contribution in [-0.4, -0.2) is 14.1 Å². The second-order valence-electron chi connectivity index (χ2n) is 7.21. The molecule has 1 aliphatic rings. The predicted molar refractivity (Wildman–Crippen MR) is 100 cm³/mol. The Morgan fingerprint density at radius 2 is 1.93 bits per heavy atom. The van der Waals surface area contributed by atoms with E-state index in [9.17, 15) is 13.6 Å². The first kappa shape index (κ1) is 16.9. The van der Waals surface area contributed by atoms with Crippen LogP contribution in [0.2, 0.25) is 0 Å². The van der Waals surface area contributed by atoms with Crippen LogP contribution in [0.15, 0.2) is 51.9 Å². The van der Waals surface area contributed by atoms with Crippen LogP contribution in [0, 0.1) is 11.6 Å². The second kappa shape index (κ2) is 6.15. The molecule has 0 spiro atoms. The van der Waals surface area contributed by atoms with E-state index in [2.05, 4.69) is 4.98 Å². The molecule has 1 saturated carbocycles. The minimum atomic E-state index is -0.601. The number of nitrogens with zero attached hydrogens (tertiary/aromatic N) is 3. The number of aromatic nitrogens is 3. The van der Waals surface area contributed by atoms with Gasteiger partial charge in [-0.15, -0.1) is 0 Å². The van der Waals surface area contributed by atoms with Crippen LogP contribution in [0.25, 0.3) is 22.4 Å². The minimum absolute atomic E-state index is 0.0429. The van der Waals surface area contributed by atoms with Crippen molar-refractivity contribution in [3.8, 4) is 11.3 Å². The van der Waals surface area contributed by atoms with E-state index in [4.69, 9.17) is 4.42 Å². The highest BCUT2D eigenvalue weighted by molar-refractivity contribution is 5.74. The summed E-state index contributed by atoms with van der Waals surface area (Å²) in [7, 11) is 1.64. The first-order valence-corrected chi connectivity index (χ1v) is 9.11. The van der Waals surface area contributed by atoms with Gasteiger partial charge in [0.2, 0.25) is 0 Å². The lowest BCUT2D eigenvalue weighted by Gasteiger charge is -2.12. The van der Waals surface area contributed by atoms with E-state index >= 15 is 0 Å². The fraction of sp³-hybridized carbons (Fsp3) is 0.238. The van der Waals surface area contributed by atoms with Crippen LogP contribution < -0.4 is 5.76 Å². The van der Waals surface area contributed by atoms with Gasteiger partial charge < -0.3 is 8.98 Å². The molecular weight excluding hydrogens is 364 g/mol. The van der Waals surface area contributed by atoms with E-state index in [1.54, 1.807) is 24.0 Å². The average Bonchev–Trinajstić information content (AvgIpc) is 3.38. The highest BCUT2D eigenvalue weighted by atomic mass is 19.1. The number of oxazole rings is 1. The van der Waals surface area contributed by atoms with E-state index in [1.807, 2.05) is 12.1 Å². The summed E-state index contributed by atoms with van der Waals surface area (Å²) in [6.45, 7) is 0.373. The Morgan fingerprint density at radius 3 is 2.64 bits per heavy atom. The summed E-state index contributed by atoms with van der Waals surface area (Å²) in [5.41, 5.74) is 3.23. The first-order valence-electron chi connectivity index (χ1n) is 9.11. The van der Waals surface area contributed by atoms with Gasteiger partial charge in [-0.05, 0) is 42.7 Å². The zero-order chi connectivity index (χ0) is 19.4. The summed E-state index contributed by atoms with van der Waals surface area (Å²) in [5.74, 6) is -1.39. The number of halogens is 2. The van der Waals surface area contributed by atoms with Gasteiger partial charge in [-0.1, -0.05) is 12.1 Å². The zero-order valence-corrected chi connectivity index (χ0v) is 15.2. The molecule has 0 atom stereocenters. The topological polar surface area (TPSA) is 53.0 Å². The molecule has 2 aromatic carbocycles. The van der Waals surface area contributed by atoms with Gasteiger partial charge in [-0.3, -0.25) is 4.57 Å². The number of imidazole rings is 1. The molecule has 0 saturated heterocycles. The Morgan fingerprint density at radius 1 is 1.18 bits per heavy atom. The van der Waals surface area contributed by atoms with E-state index < -0.39 is 17.4 Å². The summed E-state index contributed by atoms with van der Waals surface area (Å²) < 4.78 is 37.4. The maximum Gasteiger partial charge on any atom is 0.419 e. The SMILES string of the molecule is Cn1c(=O)oc2ccc(Cn3cnc(C4CC4)c3-c3c(F)cccc3F)cc21. The van der Waals surface area contributed by atoms with Crippen LogP contribution >= 0.6 is 0 Å². The Hall–Kier alpha value is -3.22. The molecule has 2 heterocycles. The standard InChI is InChI=1S/C21H17F2N3O2/c1-25-16-9-12(5-8-17(16)28-21(25)27)10-26-11-24-19(13-6-7-13)20(26)18-14(22)3-2-4-15(18)23/h2-5,8-9,11,13H,6-7,10H2,1H3. The Balaban J connectivity index is 1.63. The second-order valence-corrected chi connectivity index (χ2v) is 7.21. The van der Waals surface area contributed by atoms with Gasteiger partial charge in [-0.25, -0.2) is 18.6 Å². The smallest absolute Gasteiger partial charge is 0.408 e. The van der Waals surface area contributed by atoms with Gasteiger partial charge >= 0.3 is 5.76 Å². The van der Waals surface area contributed by atoms with Crippen molar-refractivity contribution in [3.63, 3.8) is 0 Å². The van der Waals surface area contributed by atoms with Crippen molar-refractivity contribution in [1.29, 1.82) is 0 Å². The Bertz CT molecular complexity index is 1240. The maximum absolute atomic E-state index is 14.5. The van der Waals surface area contributed by atoms with Gasteiger partial charge in [0.25, 0.3) is 0 Å². The van der Waals surface area contributed by atoms with Gasteiger partial charge in [0, 0.05) is 19.5 Å². The highest BCUT2D eigenvalue weighted by Crippen LogP contribution is 2.44. The number of aryl methyl sites for hydroxylation is 1. The summed E-state index contributed by atoms with van der Waals surface area (Å²) in [6.07, 6.45) is 3.58. The van der Waals surface area contributed by atoms with Crippen LogP contribution in [0.5, 0.6) is 0 Å². The number of benzene rings is 2. The molecule has 0 aliphatic heterocycles. The maximum atomic E-state index is 14.5. The van der Waals surface area contributed by atoms with Crippen LogP contribution in [0.4, 0.5) is 8.78 Å². The minimum Gasteiger partial charge on any atom is -0.408 e. The van der Waals surface area contributed by atoms with Crippen LogP contribution in [0.1, 0.15) is 30.0 Å². The Kier molecular flexibility index (Phi) is 3.72. The monoisotopic (exact) mass is 381 g/mol. The largest absolute Gasteiger partial charge is 0.419 e. The van der Waals surface area contributed by atoms with Gasteiger partial charge in [0.15, 0.2) is 5.58 Å². The molecule has 2 aromatic heterocycles. The molecular formula is C21H17F2N3O2. The molecule has 5 rings (SSSR count). The molecule has 1 fully saturated rings.